The molecule has 1 heterocycles. The largest absolute Gasteiger partial charge is 0.335 e. The molecule has 0 aliphatic rings. The number of imidazole rings is 1. The molecular formula is C14H18FN3. The molecule has 0 bridgehead atoms. The van der Waals surface area contributed by atoms with Crippen LogP contribution in [0.1, 0.15) is 24.2 Å². The molecule has 0 unspecified atom stereocenters. The van der Waals surface area contributed by atoms with Crippen LogP contribution in [0.4, 0.5) is 4.39 Å². The molecule has 0 atom stereocenters. The van der Waals surface area contributed by atoms with E-state index in [0.717, 1.165) is 43.7 Å². The van der Waals surface area contributed by atoms with E-state index < -0.39 is 0 Å². The minimum atomic E-state index is -0.204. The lowest BCUT2D eigenvalue weighted by molar-refractivity contribution is 0.594. The van der Waals surface area contributed by atoms with Gasteiger partial charge in [-0.3, -0.25) is 0 Å². The third-order valence-corrected chi connectivity index (χ3v) is 2.93. The number of hydrogen-bond acceptors (Lipinski definition) is 2. The van der Waals surface area contributed by atoms with Crippen LogP contribution in [0.25, 0.3) is 0 Å². The Labute approximate surface area is 106 Å². The second-order valence-corrected chi connectivity index (χ2v) is 4.34. The molecule has 0 spiro atoms. The van der Waals surface area contributed by atoms with Crippen LogP contribution in [-0.2, 0) is 13.0 Å². The number of benzene rings is 1. The zero-order valence-corrected chi connectivity index (χ0v) is 10.3. The van der Waals surface area contributed by atoms with Gasteiger partial charge < -0.3 is 10.3 Å². The maximum atomic E-state index is 12.8. The van der Waals surface area contributed by atoms with Gasteiger partial charge in [0, 0.05) is 25.4 Å². The third-order valence-electron chi connectivity index (χ3n) is 2.93. The van der Waals surface area contributed by atoms with Gasteiger partial charge in [-0.15, -0.1) is 0 Å². The highest BCUT2D eigenvalue weighted by Crippen LogP contribution is 2.10. The van der Waals surface area contributed by atoms with Crippen LogP contribution < -0.4 is 5.73 Å². The fraction of sp³-hybridized carbons (Fsp3) is 0.357. The summed E-state index contributed by atoms with van der Waals surface area (Å²) in [4.78, 5) is 4.35. The summed E-state index contributed by atoms with van der Waals surface area (Å²) in [5.41, 5.74) is 6.56. The Kier molecular flexibility index (Phi) is 4.47. The van der Waals surface area contributed by atoms with E-state index in [1.807, 2.05) is 6.20 Å². The normalized spacial score (nSPS) is 10.8. The van der Waals surface area contributed by atoms with Gasteiger partial charge in [-0.25, -0.2) is 9.37 Å². The number of nitrogens with zero attached hydrogens (tertiary/aromatic N) is 2. The molecular weight excluding hydrogens is 229 g/mol. The molecule has 1 aromatic carbocycles. The summed E-state index contributed by atoms with van der Waals surface area (Å²) >= 11 is 0. The van der Waals surface area contributed by atoms with Crippen LogP contribution in [0.15, 0.2) is 36.7 Å². The van der Waals surface area contributed by atoms with E-state index in [1.54, 1.807) is 18.3 Å². The van der Waals surface area contributed by atoms with Crippen molar-refractivity contribution in [3.63, 3.8) is 0 Å². The average Bonchev–Trinajstić information content (AvgIpc) is 2.80. The van der Waals surface area contributed by atoms with E-state index in [1.165, 1.54) is 12.1 Å². The third kappa shape index (κ3) is 3.40. The Balaban J connectivity index is 2.00. The van der Waals surface area contributed by atoms with Crippen molar-refractivity contribution in [1.29, 1.82) is 0 Å². The first-order valence-corrected chi connectivity index (χ1v) is 6.24. The van der Waals surface area contributed by atoms with E-state index >= 15 is 0 Å². The minimum absolute atomic E-state index is 0.204. The van der Waals surface area contributed by atoms with Gasteiger partial charge in [0.2, 0.25) is 0 Å². The number of halogens is 1. The maximum absolute atomic E-state index is 12.8. The molecule has 0 aliphatic carbocycles. The Morgan fingerprint density at radius 3 is 2.67 bits per heavy atom. The lowest BCUT2D eigenvalue weighted by atomic mass is 10.1. The molecule has 0 aliphatic heterocycles. The van der Waals surface area contributed by atoms with Crippen molar-refractivity contribution in [2.75, 3.05) is 6.54 Å². The lowest BCUT2D eigenvalue weighted by Crippen LogP contribution is -2.06. The van der Waals surface area contributed by atoms with Gasteiger partial charge in [0.1, 0.15) is 11.6 Å². The van der Waals surface area contributed by atoms with Gasteiger partial charge >= 0.3 is 0 Å². The topological polar surface area (TPSA) is 43.8 Å². The Bertz CT molecular complexity index is 476. The lowest BCUT2D eigenvalue weighted by Gasteiger charge is -2.07. The highest BCUT2D eigenvalue weighted by molar-refractivity contribution is 5.20. The fourth-order valence-corrected chi connectivity index (χ4v) is 1.92. The number of aryl methyl sites for hydroxylation is 1. The van der Waals surface area contributed by atoms with Gasteiger partial charge in [0.15, 0.2) is 0 Å². The highest BCUT2D eigenvalue weighted by Gasteiger charge is 2.04. The smallest absolute Gasteiger partial charge is 0.123 e. The van der Waals surface area contributed by atoms with Crippen molar-refractivity contribution in [3.05, 3.63) is 53.9 Å². The van der Waals surface area contributed by atoms with Crippen molar-refractivity contribution in [1.82, 2.24) is 9.55 Å². The molecule has 18 heavy (non-hydrogen) atoms. The van der Waals surface area contributed by atoms with Crippen molar-refractivity contribution in [2.24, 2.45) is 5.73 Å². The summed E-state index contributed by atoms with van der Waals surface area (Å²) in [5, 5.41) is 0. The first-order valence-electron chi connectivity index (χ1n) is 6.24. The molecule has 4 heteroatoms. The molecule has 0 fully saturated rings. The van der Waals surface area contributed by atoms with Crippen molar-refractivity contribution in [2.45, 2.75) is 25.8 Å². The van der Waals surface area contributed by atoms with Crippen LogP contribution in [-0.4, -0.2) is 16.1 Å². The zero-order chi connectivity index (χ0) is 12.8. The predicted molar refractivity (Wildman–Crippen MR) is 69.7 cm³/mol. The molecule has 3 nitrogen and oxygen atoms in total. The van der Waals surface area contributed by atoms with E-state index in [0.29, 0.717) is 0 Å². The summed E-state index contributed by atoms with van der Waals surface area (Å²) in [6.45, 7) is 1.66. The molecule has 0 saturated heterocycles. The SMILES string of the molecule is NCCCCn1ccnc1Cc1ccc(F)cc1. The summed E-state index contributed by atoms with van der Waals surface area (Å²) in [5.74, 6) is 0.809. The summed E-state index contributed by atoms with van der Waals surface area (Å²) in [6, 6.07) is 6.57. The molecule has 0 saturated carbocycles. The van der Waals surface area contributed by atoms with Crippen molar-refractivity contribution >= 4 is 0 Å². The van der Waals surface area contributed by atoms with Crippen LogP contribution in [0.3, 0.4) is 0 Å². The number of unbranched alkanes of at least 4 members (excludes halogenated alkanes) is 1. The summed E-state index contributed by atoms with van der Waals surface area (Å²) in [7, 11) is 0. The number of aromatic nitrogens is 2. The Hall–Kier alpha value is -1.68. The predicted octanol–water partition coefficient (Wildman–Crippen LogP) is 2.35. The van der Waals surface area contributed by atoms with E-state index in [2.05, 4.69) is 9.55 Å². The van der Waals surface area contributed by atoms with Gasteiger partial charge in [-0.1, -0.05) is 12.1 Å². The molecule has 96 valence electrons. The van der Waals surface area contributed by atoms with Gasteiger partial charge in [-0.05, 0) is 37.1 Å². The van der Waals surface area contributed by atoms with Crippen LogP contribution in [0, 0.1) is 5.82 Å². The van der Waals surface area contributed by atoms with E-state index in [9.17, 15) is 4.39 Å². The van der Waals surface area contributed by atoms with Crippen LogP contribution >= 0.6 is 0 Å². The Morgan fingerprint density at radius 2 is 1.94 bits per heavy atom. The molecule has 2 N–H and O–H groups in total. The highest BCUT2D eigenvalue weighted by atomic mass is 19.1. The van der Waals surface area contributed by atoms with E-state index in [-0.39, 0.29) is 5.82 Å². The quantitative estimate of drug-likeness (QED) is 0.796. The average molecular weight is 247 g/mol. The van der Waals surface area contributed by atoms with Crippen molar-refractivity contribution < 1.29 is 4.39 Å². The number of rotatable bonds is 6. The summed E-state index contributed by atoms with van der Waals surface area (Å²) < 4.78 is 15.0. The van der Waals surface area contributed by atoms with Crippen molar-refractivity contribution in [3.8, 4) is 0 Å². The molecule has 2 rings (SSSR count). The number of nitrogens with two attached hydrogens (primary N) is 1. The minimum Gasteiger partial charge on any atom is -0.335 e. The first kappa shape index (κ1) is 12.8. The van der Waals surface area contributed by atoms with Gasteiger partial charge in [0.25, 0.3) is 0 Å². The second kappa shape index (κ2) is 6.31. The maximum Gasteiger partial charge on any atom is 0.123 e. The first-order chi connectivity index (χ1) is 8.79. The summed E-state index contributed by atoms with van der Waals surface area (Å²) in [6.07, 6.45) is 6.60. The molecule has 1 aromatic heterocycles. The van der Waals surface area contributed by atoms with Crippen LogP contribution in [0.5, 0.6) is 0 Å². The molecule has 2 aromatic rings. The second-order valence-electron chi connectivity index (χ2n) is 4.34. The molecule has 0 amide bonds. The zero-order valence-electron chi connectivity index (χ0n) is 10.3. The van der Waals surface area contributed by atoms with E-state index in [4.69, 9.17) is 5.73 Å². The monoisotopic (exact) mass is 247 g/mol. The fourth-order valence-electron chi connectivity index (χ4n) is 1.92. The van der Waals surface area contributed by atoms with Gasteiger partial charge in [-0.2, -0.15) is 0 Å². The Morgan fingerprint density at radius 1 is 1.17 bits per heavy atom. The standard InChI is InChI=1S/C14H18FN3/c15-13-5-3-12(4-6-13)11-14-17-8-10-18(14)9-2-1-7-16/h3-6,8,10H,1-2,7,9,11,16H2. The van der Waals surface area contributed by atoms with Crippen LogP contribution in [0.2, 0.25) is 0 Å². The van der Waals surface area contributed by atoms with Gasteiger partial charge in [0.05, 0.1) is 0 Å². The molecule has 0 radical (unpaired) electrons. The number of hydrogen-bond donors (Lipinski definition) is 1.